The van der Waals surface area contributed by atoms with Crippen molar-refractivity contribution < 1.29 is 4.79 Å². The van der Waals surface area contributed by atoms with Crippen molar-refractivity contribution in [2.75, 3.05) is 31.1 Å². The predicted octanol–water partition coefficient (Wildman–Crippen LogP) is 4.10. The third kappa shape index (κ3) is 3.62. The van der Waals surface area contributed by atoms with Crippen molar-refractivity contribution in [3.05, 3.63) is 76.6 Å². The van der Waals surface area contributed by atoms with E-state index >= 15 is 0 Å². The van der Waals surface area contributed by atoms with E-state index in [1.807, 2.05) is 36.1 Å². The third-order valence-electron chi connectivity index (χ3n) is 5.23. The van der Waals surface area contributed by atoms with Crippen LogP contribution in [0, 0.1) is 13.8 Å². The standard InChI is InChI=1S/C22H23ClN4O/c1-16-5-3-7-19(13-16)25-9-11-26(12-10-25)22(28)21-15-24-27(17(21)2)20-8-4-6-18(23)14-20/h3-8,13-15H,9-12H2,1-2H3. The molecule has 0 unspecified atom stereocenters. The van der Waals surface area contributed by atoms with Gasteiger partial charge >= 0.3 is 0 Å². The first-order valence-electron chi connectivity index (χ1n) is 9.44. The maximum Gasteiger partial charge on any atom is 0.257 e. The van der Waals surface area contributed by atoms with E-state index in [0.717, 1.165) is 24.5 Å². The lowest BCUT2D eigenvalue weighted by Crippen LogP contribution is -2.48. The topological polar surface area (TPSA) is 41.4 Å². The van der Waals surface area contributed by atoms with Crippen molar-refractivity contribution in [1.29, 1.82) is 0 Å². The molecule has 4 rings (SSSR count). The molecule has 0 saturated carbocycles. The zero-order valence-corrected chi connectivity index (χ0v) is 16.9. The molecule has 1 aromatic heterocycles. The fourth-order valence-corrected chi connectivity index (χ4v) is 3.84. The summed E-state index contributed by atoms with van der Waals surface area (Å²) in [7, 11) is 0. The summed E-state index contributed by atoms with van der Waals surface area (Å²) in [5.41, 5.74) is 4.79. The lowest BCUT2D eigenvalue weighted by molar-refractivity contribution is 0.0746. The minimum absolute atomic E-state index is 0.0367. The highest BCUT2D eigenvalue weighted by molar-refractivity contribution is 6.30. The van der Waals surface area contributed by atoms with Gasteiger partial charge in [0.25, 0.3) is 5.91 Å². The molecule has 3 aromatic rings. The Kier molecular flexibility index (Phi) is 5.09. The quantitative estimate of drug-likeness (QED) is 0.671. The Labute approximate surface area is 170 Å². The first-order valence-corrected chi connectivity index (χ1v) is 9.82. The molecule has 1 saturated heterocycles. The molecule has 1 fully saturated rings. The molecule has 0 atom stereocenters. The van der Waals surface area contributed by atoms with Crippen molar-refractivity contribution in [3.63, 3.8) is 0 Å². The normalized spacial score (nSPS) is 14.4. The van der Waals surface area contributed by atoms with Crippen LogP contribution < -0.4 is 4.90 Å². The van der Waals surface area contributed by atoms with E-state index in [-0.39, 0.29) is 5.91 Å². The number of benzene rings is 2. The SMILES string of the molecule is Cc1cccc(N2CCN(C(=O)c3cnn(-c4cccc(Cl)c4)c3C)CC2)c1. The van der Waals surface area contributed by atoms with Gasteiger partial charge in [0.2, 0.25) is 0 Å². The van der Waals surface area contributed by atoms with E-state index in [1.165, 1.54) is 11.3 Å². The molecule has 2 aromatic carbocycles. The maximum atomic E-state index is 13.1. The van der Waals surface area contributed by atoms with Crippen molar-refractivity contribution in [3.8, 4) is 5.69 Å². The number of aryl methyl sites for hydroxylation is 1. The van der Waals surface area contributed by atoms with Crippen LogP contribution in [0.25, 0.3) is 5.69 Å². The van der Waals surface area contributed by atoms with Crippen molar-refractivity contribution >= 4 is 23.2 Å². The second kappa shape index (κ2) is 7.68. The highest BCUT2D eigenvalue weighted by atomic mass is 35.5. The van der Waals surface area contributed by atoms with Crippen molar-refractivity contribution in [1.82, 2.24) is 14.7 Å². The van der Waals surface area contributed by atoms with Gasteiger partial charge in [-0.05, 0) is 49.7 Å². The lowest BCUT2D eigenvalue weighted by Gasteiger charge is -2.36. The number of carbonyl (C=O) groups is 1. The monoisotopic (exact) mass is 394 g/mol. The van der Waals surface area contributed by atoms with Crippen LogP contribution in [-0.2, 0) is 0 Å². The number of amides is 1. The number of rotatable bonds is 3. The molecule has 1 amide bonds. The summed E-state index contributed by atoms with van der Waals surface area (Å²) in [4.78, 5) is 17.3. The molecule has 0 radical (unpaired) electrons. The maximum absolute atomic E-state index is 13.1. The molecule has 6 heteroatoms. The van der Waals surface area contributed by atoms with Crippen LogP contribution in [0.1, 0.15) is 21.6 Å². The van der Waals surface area contributed by atoms with Crippen molar-refractivity contribution in [2.24, 2.45) is 0 Å². The number of hydrogen-bond acceptors (Lipinski definition) is 3. The van der Waals surface area contributed by atoms with E-state index in [2.05, 4.69) is 41.2 Å². The van der Waals surface area contributed by atoms with Gasteiger partial charge in [-0.1, -0.05) is 29.8 Å². The minimum atomic E-state index is 0.0367. The molecule has 2 heterocycles. The summed E-state index contributed by atoms with van der Waals surface area (Å²) >= 11 is 6.09. The van der Waals surface area contributed by atoms with Gasteiger partial charge in [0.05, 0.1) is 23.1 Å². The van der Waals surface area contributed by atoms with Crippen LogP contribution >= 0.6 is 11.6 Å². The molecule has 1 aliphatic rings. The van der Waals surface area contributed by atoms with Gasteiger partial charge in [0, 0.05) is 36.9 Å². The molecule has 0 spiro atoms. The number of carbonyl (C=O) groups excluding carboxylic acids is 1. The van der Waals surface area contributed by atoms with Gasteiger partial charge in [0.15, 0.2) is 0 Å². The molecule has 5 nitrogen and oxygen atoms in total. The first kappa shape index (κ1) is 18.6. The smallest absolute Gasteiger partial charge is 0.257 e. The van der Waals surface area contributed by atoms with Crippen LogP contribution in [0.15, 0.2) is 54.7 Å². The number of nitrogens with zero attached hydrogens (tertiary/aromatic N) is 4. The van der Waals surface area contributed by atoms with Crippen LogP contribution in [0.3, 0.4) is 0 Å². The fraction of sp³-hybridized carbons (Fsp3) is 0.273. The van der Waals surface area contributed by atoms with E-state index in [4.69, 9.17) is 11.6 Å². The van der Waals surface area contributed by atoms with Gasteiger partial charge in [-0.3, -0.25) is 4.79 Å². The Morgan fingerprint density at radius 3 is 2.39 bits per heavy atom. The number of hydrogen-bond donors (Lipinski definition) is 0. The molecule has 144 valence electrons. The van der Waals surface area contributed by atoms with Gasteiger partial charge in [-0.15, -0.1) is 0 Å². The summed E-state index contributed by atoms with van der Waals surface area (Å²) in [6.07, 6.45) is 1.66. The highest BCUT2D eigenvalue weighted by Crippen LogP contribution is 2.21. The Morgan fingerprint density at radius 2 is 1.68 bits per heavy atom. The summed E-state index contributed by atoms with van der Waals surface area (Å²) in [5.74, 6) is 0.0367. The zero-order chi connectivity index (χ0) is 19.7. The Morgan fingerprint density at radius 1 is 0.964 bits per heavy atom. The molecule has 0 aliphatic carbocycles. The van der Waals surface area contributed by atoms with E-state index in [9.17, 15) is 4.79 Å². The van der Waals surface area contributed by atoms with Crippen LogP contribution in [0.2, 0.25) is 5.02 Å². The largest absolute Gasteiger partial charge is 0.368 e. The number of piperazine rings is 1. The number of aromatic nitrogens is 2. The summed E-state index contributed by atoms with van der Waals surface area (Å²) < 4.78 is 1.77. The number of anilines is 1. The average Bonchev–Trinajstić information content (AvgIpc) is 3.09. The van der Waals surface area contributed by atoms with E-state index in [0.29, 0.717) is 23.7 Å². The fourth-order valence-electron chi connectivity index (χ4n) is 3.65. The minimum Gasteiger partial charge on any atom is -0.368 e. The first-order chi connectivity index (χ1) is 13.5. The van der Waals surface area contributed by atoms with Crippen LogP contribution in [0.5, 0.6) is 0 Å². The summed E-state index contributed by atoms with van der Waals surface area (Å²) in [6, 6.07) is 16.0. The lowest BCUT2D eigenvalue weighted by atomic mass is 10.1. The van der Waals surface area contributed by atoms with E-state index < -0.39 is 0 Å². The predicted molar refractivity (Wildman–Crippen MR) is 113 cm³/mol. The molecular weight excluding hydrogens is 372 g/mol. The Balaban J connectivity index is 1.47. The highest BCUT2D eigenvalue weighted by Gasteiger charge is 2.25. The number of halogens is 1. The zero-order valence-electron chi connectivity index (χ0n) is 16.1. The Bertz CT molecular complexity index is 1010. The molecular formula is C22H23ClN4O. The second-order valence-corrected chi connectivity index (χ2v) is 7.59. The van der Waals surface area contributed by atoms with Gasteiger partial charge in [-0.2, -0.15) is 5.10 Å². The summed E-state index contributed by atoms with van der Waals surface area (Å²) in [6.45, 7) is 7.09. The molecule has 1 aliphatic heterocycles. The molecule has 28 heavy (non-hydrogen) atoms. The van der Waals surface area contributed by atoms with E-state index in [1.54, 1.807) is 10.9 Å². The van der Waals surface area contributed by atoms with Crippen LogP contribution in [-0.4, -0.2) is 46.8 Å². The Hall–Kier alpha value is -2.79. The average molecular weight is 395 g/mol. The van der Waals surface area contributed by atoms with Gasteiger partial charge in [-0.25, -0.2) is 4.68 Å². The molecule has 0 bridgehead atoms. The van der Waals surface area contributed by atoms with Gasteiger partial charge < -0.3 is 9.80 Å². The van der Waals surface area contributed by atoms with Gasteiger partial charge in [0.1, 0.15) is 0 Å². The molecule has 0 N–H and O–H groups in total. The summed E-state index contributed by atoms with van der Waals surface area (Å²) in [5, 5.41) is 5.06. The van der Waals surface area contributed by atoms with Crippen molar-refractivity contribution in [2.45, 2.75) is 13.8 Å². The third-order valence-corrected chi connectivity index (χ3v) is 5.46. The second-order valence-electron chi connectivity index (χ2n) is 7.15. The van der Waals surface area contributed by atoms with Crippen LogP contribution in [0.4, 0.5) is 5.69 Å².